The number of thiophene rings is 2. The fourth-order valence-corrected chi connectivity index (χ4v) is 3.73. The number of carbonyl (C=O) groups is 1. The van der Waals surface area contributed by atoms with E-state index in [1.165, 1.54) is 28.9 Å². The molecule has 1 atom stereocenters. The van der Waals surface area contributed by atoms with Gasteiger partial charge in [0.05, 0.1) is 17.7 Å². The Bertz CT molecular complexity index is 710. The number of nitrogens with one attached hydrogen (secondary N) is 1. The van der Waals surface area contributed by atoms with Crippen LogP contribution in [0.25, 0.3) is 0 Å². The highest BCUT2D eigenvalue weighted by molar-refractivity contribution is 7.12. The first-order valence-corrected chi connectivity index (χ1v) is 8.54. The maximum absolute atomic E-state index is 12.2. The molecule has 0 radical (unpaired) electrons. The van der Waals surface area contributed by atoms with E-state index in [4.69, 9.17) is 4.42 Å². The van der Waals surface area contributed by atoms with Gasteiger partial charge in [0.15, 0.2) is 5.60 Å². The van der Waals surface area contributed by atoms with E-state index < -0.39 is 5.60 Å². The summed E-state index contributed by atoms with van der Waals surface area (Å²) in [6.45, 7) is 1.99. The summed E-state index contributed by atoms with van der Waals surface area (Å²) in [6.07, 6.45) is 1.51. The smallest absolute Gasteiger partial charge is 0.261 e. The third-order valence-corrected chi connectivity index (χ3v) is 5.12. The van der Waals surface area contributed by atoms with E-state index in [1.807, 2.05) is 35.2 Å². The predicted molar refractivity (Wildman–Crippen MR) is 87.4 cm³/mol. The Morgan fingerprint density at radius 2 is 2.27 bits per heavy atom. The lowest BCUT2D eigenvalue weighted by Crippen LogP contribution is -2.41. The minimum Gasteiger partial charge on any atom is -0.466 e. The summed E-state index contributed by atoms with van der Waals surface area (Å²) in [4.78, 5) is 12.8. The van der Waals surface area contributed by atoms with Gasteiger partial charge >= 0.3 is 0 Å². The summed E-state index contributed by atoms with van der Waals surface area (Å²) < 4.78 is 5.37. The van der Waals surface area contributed by atoms with E-state index in [-0.39, 0.29) is 12.5 Å². The SMILES string of the molecule is Cc1csc(C(=O)NC[C@](O)(c2ccsc2)c2ccco2)c1. The molecule has 0 bridgehead atoms. The summed E-state index contributed by atoms with van der Waals surface area (Å²) in [5, 5.41) is 19.5. The minimum atomic E-state index is -1.37. The molecule has 22 heavy (non-hydrogen) atoms. The molecule has 0 fully saturated rings. The van der Waals surface area contributed by atoms with Gasteiger partial charge < -0.3 is 14.8 Å². The number of carbonyl (C=O) groups excluding carboxylic acids is 1. The molecule has 114 valence electrons. The van der Waals surface area contributed by atoms with Crippen LogP contribution in [0.4, 0.5) is 0 Å². The van der Waals surface area contributed by atoms with Crippen LogP contribution in [-0.2, 0) is 5.60 Å². The molecule has 3 aromatic rings. The topological polar surface area (TPSA) is 62.5 Å². The van der Waals surface area contributed by atoms with E-state index in [9.17, 15) is 9.90 Å². The Labute approximate surface area is 136 Å². The molecule has 0 aliphatic rings. The zero-order valence-corrected chi connectivity index (χ0v) is 13.5. The van der Waals surface area contributed by atoms with Crippen molar-refractivity contribution < 1.29 is 14.3 Å². The molecular weight excluding hydrogens is 318 g/mol. The summed E-state index contributed by atoms with van der Waals surface area (Å²) in [5.74, 6) is 0.215. The van der Waals surface area contributed by atoms with Crippen molar-refractivity contribution in [3.8, 4) is 0 Å². The fourth-order valence-electron chi connectivity index (χ4n) is 2.19. The van der Waals surface area contributed by atoms with Gasteiger partial charge in [0.1, 0.15) is 5.76 Å². The largest absolute Gasteiger partial charge is 0.466 e. The molecule has 4 nitrogen and oxygen atoms in total. The molecule has 0 aliphatic carbocycles. The molecule has 0 spiro atoms. The summed E-state index contributed by atoms with van der Waals surface area (Å²) in [5.41, 5.74) is 0.384. The number of hydrogen-bond acceptors (Lipinski definition) is 5. The Morgan fingerprint density at radius 3 is 2.86 bits per heavy atom. The zero-order chi connectivity index (χ0) is 15.6. The average Bonchev–Trinajstić information content (AvgIpc) is 3.24. The van der Waals surface area contributed by atoms with Gasteiger partial charge in [0.25, 0.3) is 5.91 Å². The molecule has 3 rings (SSSR count). The lowest BCUT2D eigenvalue weighted by Gasteiger charge is -2.25. The second kappa shape index (κ2) is 6.08. The summed E-state index contributed by atoms with van der Waals surface area (Å²) >= 11 is 2.87. The van der Waals surface area contributed by atoms with Crippen molar-refractivity contribution in [1.29, 1.82) is 0 Å². The molecule has 0 saturated heterocycles. The van der Waals surface area contributed by atoms with Crippen molar-refractivity contribution in [2.75, 3.05) is 6.54 Å². The van der Waals surface area contributed by atoms with E-state index in [0.717, 1.165) is 5.56 Å². The molecule has 0 saturated carbocycles. The van der Waals surface area contributed by atoms with Crippen LogP contribution in [0.3, 0.4) is 0 Å². The molecular formula is C16H15NO3S2. The van der Waals surface area contributed by atoms with Gasteiger partial charge in [-0.05, 0) is 52.9 Å². The van der Waals surface area contributed by atoms with Gasteiger partial charge in [0, 0.05) is 5.56 Å². The highest BCUT2D eigenvalue weighted by Crippen LogP contribution is 2.31. The lowest BCUT2D eigenvalue weighted by molar-refractivity contribution is 0.0530. The van der Waals surface area contributed by atoms with Gasteiger partial charge in [-0.15, -0.1) is 11.3 Å². The van der Waals surface area contributed by atoms with Crippen molar-refractivity contribution in [2.24, 2.45) is 0 Å². The van der Waals surface area contributed by atoms with Crippen molar-refractivity contribution in [3.05, 3.63) is 68.4 Å². The highest BCUT2D eigenvalue weighted by Gasteiger charge is 2.35. The standard InChI is InChI=1S/C16H15NO3S2/c1-11-7-13(22-8-11)15(18)17-10-16(19,12-4-6-21-9-12)14-3-2-5-20-14/h2-9,19H,10H2,1H3,(H,17,18)/t16-/m0/s1. The van der Waals surface area contributed by atoms with Crippen molar-refractivity contribution in [1.82, 2.24) is 5.32 Å². The summed E-state index contributed by atoms with van der Waals surface area (Å²) in [7, 11) is 0. The van der Waals surface area contributed by atoms with E-state index in [0.29, 0.717) is 16.2 Å². The second-order valence-corrected chi connectivity index (χ2v) is 6.71. The van der Waals surface area contributed by atoms with Crippen LogP contribution in [0.2, 0.25) is 0 Å². The van der Waals surface area contributed by atoms with E-state index in [2.05, 4.69) is 5.32 Å². The average molecular weight is 333 g/mol. The van der Waals surface area contributed by atoms with Crippen LogP contribution in [0.15, 0.2) is 51.1 Å². The van der Waals surface area contributed by atoms with Crippen molar-refractivity contribution >= 4 is 28.6 Å². The maximum Gasteiger partial charge on any atom is 0.261 e. The second-order valence-electron chi connectivity index (χ2n) is 5.02. The van der Waals surface area contributed by atoms with Crippen LogP contribution in [0.1, 0.15) is 26.6 Å². The number of furan rings is 1. The van der Waals surface area contributed by atoms with Crippen LogP contribution in [0, 0.1) is 6.92 Å². The number of amides is 1. The number of rotatable bonds is 5. The van der Waals surface area contributed by atoms with Gasteiger partial charge in [-0.3, -0.25) is 4.79 Å². The summed E-state index contributed by atoms with van der Waals surface area (Å²) in [6, 6.07) is 7.08. The van der Waals surface area contributed by atoms with Crippen molar-refractivity contribution in [2.45, 2.75) is 12.5 Å². The van der Waals surface area contributed by atoms with Crippen LogP contribution < -0.4 is 5.32 Å². The zero-order valence-electron chi connectivity index (χ0n) is 11.9. The third-order valence-electron chi connectivity index (χ3n) is 3.39. The van der Waals surface area contributed by atoms with Gasteiger partial charge in [-0.1, -0.05) is 0 Å². The first-order valence-electron chi connectivity index (χ1n) is 6.72. The highest BCUT2D eigenvalue weighted by atomic mass is 32.1. The Kier molecular flexibility index (Phi) is 4.15. The van der Waals surface area contributed by atoms with Crippen molar-refractivity contribution in [3.63, 3.8) is 0 Å². The van der Waals surface area contributed by atoms with Crippen LogP contribution in [0.5, 0.6) is 0 Å². The molecule has 0 unspecified atom stereocenters. The van der Waals surface area contributed by atoms with Gasteiger partial charge in [-0.25, -0.2) is 0 Å². The molecule has 0 aliphatic heterocycles. The van der Waals surface area contributed by atoms with E-state index in [1.54, 1.807) is 12.1 Å². The number of aryl methyl sites for hydroxylation is 1. The first-order chi connectivity index (χ1) is 10.6. The lowest BCUT2D eigenvalue weighted by atomic mass is 9.93. The monoisotopic (exact) mass is 333 g/mol. The number of aliphatic hydroxyl groups is 1. The van der Waals surface area contributed by atoms with Crippen LogP contribution >= 0.6 is 22.7 Å². The molecule has 6 heteroatoms. The number of hydrogen-bond donors (Lipinski definition) is 2. The molecule has 3 aromatic heterocycles. The van der Waals surface area contributed by atoms with Gasteiger partial charge in [-0.2, -0.15) is 11.3 Å². The quantitative estimate of drug-likeness (QED) is 0.752. The van der Waals surface area contributed by atoms with Crippen LogP contribution in [-0.4, -0.2) is 17.6 Å². The molecule has 1 amide bonds. The predicted octanol–water partition coefficient (Wildman–Crippen LogP) is 3.38. The van der Waals surface area contributed by atoms with E-state index >= 15 is 0 Å². The minimum absolute atomic E-state index is 0.0486. The maximum atomic E-state index is 12.2. The molecule has 2 N–H and O–H groups in total. The normalized spacial score (nSPS) is 13.7. The fraction of sp³-hybridized carbons (Fsp3) is 0.188. The molecule has 3 heterocycles. The molecule has 0 aromatic carbocycles. The van der Waals surface area contributed by atoms with Gasteiger partial charge in [0.2, 0.25) is 0 Å². The third kappa shape index (κ3) is 2.85. The Hall–Kier alpha value is -1.89. The first kappa shape index (κ1) is 15.0. The Balaban J connectivity index is 1.81. The Morgan fingerprint density at radius 1 is 1.41 bits per heavy atom.